The van der Waals surface area contributed by atoms with Crippen LogP contribution in [-0.2, 0) is 4.79 Å². The quantitative estimate of drug-likeness (QED) is 0.413. The summed E-state index contributed by atoms with van der Waals surface area (Å²) in [6, 6.07) is -1.19. The van der Waals surface area contributed by atoms with Gasteiger partial charge in [0.25, 0.3) is 5.91 Å². The van der Waals surface area contributed by atoms with Gasteiger partial charge >= 0.3 is 6.03 Å². The Kier molecular flexibility index (Phi) is 1.30. The summed E-state index contributed by atoms with van der Waals surface area (Å²) < 4.78 is 0. The van der Waals surface area contributed by atoms with E-state index in [-0.39, 0.29) is 11.9 Å². The fourth-order valence-corrected chi connectivity index (χ4v) is 1.32. The highest BCUT2D eigenvalue weighted by atomic mass is 16.2. The van der Waals surface area contributed by atoms with Gasteiger partial charge in [-0.3, -0.25) is 15.5 Å². The lowest BCUT2D eigenvalue weighted by Gasteiger charge is -2.24. The zero-order valence-electron chi connectivity index (χ0n) is 6.42. The monoisotopic (exact) mass is 168 g/mol. The minimum Gasteiger partial charge on any atom is -0.327 e. The Labute approximate surface area is 68.4 Å². The maximum atomic E-state index is 11.1. The molecule has 2 heterocycles. The zero-order chi connectivity index (χ0) is 8.72. The minimum atomic E-state index is -0.459. The van der Waals surface area contributed by atoms with Gasteiger partial charge in [-0.25, -0.2) is 4.79 Å². The van der Waals surface area contributed by atoms with Crippen LogP contribution >= 0.6 is 0 Å². The molecule has 1 fully saturated rings. The van der Waals surface area contributed by atoms with Crippen molar-refractivity contribution >= 4 is 17.6 Å². The van der Waals surface area contributed by atoms with E-state index < -0.39 is 12.1 Å². The standard InChI is InChI=1S/C6H8N4O2/c1-2-3-4(10-9-2)5(11)8-6(12)7-3/h3-4,10H,1H3,(H2,7,8,11,12). The molecule has 2 aliphatic heterocycles. The topological polar surface area (TPSA) is 82.6 Å². The van der Waals surface area contributed by atoms with Crippen LogP contribution in [0.1, 0.15) is 6.92 Å². The Bertz CT molecular complexity index is 285. The molecule has 0 spiro atoms. The van der Waals surface area contributed by atoms with Gasteiger partial charge < -0.3 is 5.32 Å². The van der Waals surface area contributed by atoms with Crippen LogP contribution in [0.2, 0.25) is 0 Å². The lowest BCUT2D eigenvalue weighted by atomic mass is 10.0. The molecular weight excluding hydrogens is 160 g/mol. The Hall–Kier alpha value is -1.59. The second kappa shape index (κ2) is 2.20. The van der Waals surface area contributed by atoms with E-state index in [0.29, 0.717) is 0 Å². The van der Waals surface area contributed by atoms with Crippen molar-refractivity contribution in [3.8, 4) is 0 Å². The van der Waals surface area contributed by atoms with Gasteiger partial charge in [0.1, 0.15) is 12.1 Å². The van der Waals surface area contributed by atoms with E-state index in [1.807, 2.05) is 0 Å². The molecule has 3 N–H and O–H groups in total. The average molecular weight is 168 g/mol. The number of amides is 3. The number of nitrogens with one attached hydrogen (secondary N) is 3. The van der Waals surface area contributed by atoms with Crippen molar-refractivity contribution in [3.63, 3.8) is 0 Å². The SMILES string of the molecule is CC1=NNC2C(=O)NC(=O)NC12. The van der Waals surface area contributed by atoms with Crippen molar-refractivity contribution in [1.82, 2.24) is 16.1 Å². The smallest absolute Gasteiger partial charge is 0.322 e. The second-order valence-corrected chi connectivity index (χ2v) is 2.80. The molecule has 6 nitrogen and oxygen atoms in total. The number of urea groups is 1. The van der Waals surface area contributed by atoms with Crippen LogP contribution in [-0.4, -0.2) is 29.7 Å². The number of hydrogen-bond donors (Lipinski definition) is 3. The van der Waals surface area contributed by atoms with Gasteiger partial charge in [-0.15, -0.1) is 0 Å². The zero-order valence-corrected chi connectivity index (χ0v) is 6.42. The fourth-order valence-electron chi connectivity index (χ4n) is 1.32. The summed E-state index contributed by atoms with van der Waals surface area (Å²) in [6.07, 6.45) is 0. The first kappa shape index (κ1) is 7.08. The van der Waals surface area contributed by atoms with E-state index in [4.69, 9.17) is 0 Å². The number of rotatable bonds is 0. The average Bonchev–Trinajstić information content (AvgIpc) is 2.33. The van der Waals surface area contributed by atoms with Crippen molar-refractivity contribution in [3.05, 3.63) is 0 Å². The van der Waals surface area contributed by atoms with Crippen LogP contribution in [0.4, 0.5) is 4.79 Å². The highest BCUT2D eigenvalue weighted by molar-refractivity contribution is 6.07. The van der Waals surface area contributed by atoms with Gasteiger partial charge in [0.05, 0.1) is 5.71 Å². The number of carbonyl (C=O) groups is 2. The van der Waals surface area contributed by atoms with E-state index in [9.17, 15) is 9.59 Å². The molecule has 0 aromatic heterocycles. The maximum absolute atomic E-state index is 11.1. The van der Waals surface area contributed by atoms with Crippen molar-refractivity contribution in [2.75, 3.05) is 0 Å². The summed E-state index contributed by atoms with van der Waals surface area (Å²) in [7, 11) is 0. The van der Waals surface area contributed by atoms with Crippen LogP contribution < -0.4 is 16.1 Å². The molecule has 2 rings (SSSR count). The fraction of sp³-hybridized carbons (Fsp3) is 0.500. The highest BCUT2D eigenvalue weighted by Crippen LogP contribution is 2.07. The van der Waals surface area contributed by atoms with E-state index in [2.05, 4.69) is 21.2 Å². The van der Waals surface area contributed by atoms with Crippen molar-refractivity contribution < 1.29 is 9.59 Å². The first-order chi connectivity index (χ1) is 5.68. The van der Waals surface area contributed by atoms with Gasteiger partial charge in [0.2, 0.25) is 0 Å². The van der Waals surface area contributed by atoms with Crippen LogP contribution in [0, 0.1) is 0 Å². The van der Waals surface area contributed by atoms with Crippen LogP contribution in [0.5, 0.6) is 0 Å². The molecular formula is C6H8N4O2. The summed E-state index contributed by atoms with van der Waals surface area (Å²) in [5, 5.41) is 8.60. The van der Waals surface area contributed by atoms with E-state index >= 15 is 0 Å². The molecule has 0 aromatic carbocycles. The maximum Gasteiger partial charge on any atom is 0.322 e. The van der Waals surface area contributed by atoms with Crippen LogP contribution in [0.15, 0.2) is 5.10 Å². The molecule has 0 radical (unpaired) electrons. The van der Waals surface area contributed by atoms with Gasteiger partial charge in [-0.05, 0) is 6.92 Å². The Morgan fingerprint density at radius 2 is 2.08 bits per heavy atom. The lowest BCUT2D eigenvalue weighted by Crippen LogP contribution is -2.64. The van der Waals surface area contributed by atoms with Crippen LogP contribution in [0.25, 0.3) is 0 Å². The molecule has 6 heteroatoms. The molecule has 12 heavy (non-hydrogen) atoms. The van der Waals surface area contributed by atoms with Crippen LogP contribution in [0.3, 0.4) is 0 Å². The number of fused-ring (bicyclic) bond motifs is 1. The molecule has 2 unspecified atom stereocenters. The van der Waals surface area contributed by atoms with E-state index in [1.54, 1.807) is 6.92 Å². The molecule has 0 aromatic rings. The molecule has 1 saturated heterocycles. The van der Waals surface area contributed by atoms with Gasteiger partial charge in [0.15, 0.2) is 0 Å². The summed E-state index contributed by atoms with van der Waals surface area (Å²) in [6.45, 7) is 1.76. The van der Waals surface area contributed by atoms with Crippen molar-refractivity contribution in [2.24, 2.45) is 5.10 Å². The summed E-state index contributed by atoms with van der Waals surface area (Å²) in [5.74, 6) is -0.329. The van der Waals surface area contributed by atoms with Gasteiger partial charge in [-0.2, -0.15) is 5.10 Å². The summed E-state index contributed by atoms with van der Waals surface area (Å²) >= 11 is 0. The number of carbonyl (C=O) groups excluding carboxylic acids is 2. The molecule has 0 saturated carbocycles. The molecule has 2 atom stereocenters. The Morgan fingerprint density at radius 3 is 2.83 bits per heavy atom. The minimum absolute atomic E-state index is 0.286. The van der Waals surface area contributed by atoms with Gasteiger partial charge in [-0.1, -0.05) is 0 Å². The predicted octanol–water partition coefficient (Wildman–Crippen LogP) is -1.46. The summed E-state index contributed by atoms with van der Waals surface area (Å²) in [4.78, 5) is 22.0. The molecule has 64 valence electrons. The first-order valence-electron chi connectivity index (χ1n) is 3.59. The predicted molar refractivity (Wildman–Crippen MR) is 40.5 cm³/mol. The van der Waals surface area contributed by atoms with E-state index in [0.717, 1.165) is 5.71 Å². The molecule has 3 amide bonds. The second-order valence-electron chi connectivity index (χ2n) is 2.80. The molecule has 0 aliphatic carbocycles. The largest absolute Gasteiger partial charge is 0.327 e. The number of hydrazone groups is 1. The van der Waals surface area contributed by atoms with Gasteiger partial charge in [0, 0.05) is 0 Å². The Morgan fingerprint density at radius 1 is 1.33 bits per heavy atom. The molecule has 0 bridgehead atoms. The van der Waals surface area contributed by atoms with E-state index in [1.165, 1.54) is 0 Å². The number of hydrogen-bond acceptors (Lipinski definition) is 4. The normalized spacial score (nSPS) is 32.9. The van der Waals surface area contributed by atoms with Crippen molar-refractivity contribution in [2.45, 2.75) is 19.0 Å². The third-order valence-electron chi connectivity index (χ3n) is 1.97. The molecule has 2 aliphatic rings. The third kappa shape index (κ3) is 0.843. The first-order valence-corrected chi connectivity index (χ1v) is 3.59. The van der Waals surface area contributed by atoms with Crippen molar-refractivity contribution in [1.29, 1.82) is 0 Å². The number of imide groups is 1. The summed E-state index contributed by atoms with van der Waals surface area (Å²) in [5.41, 5.74) is 3.37. The lowest BCUT2D eigenvalue weighted by molar-refractivity contribution is -0.122. The number of nitrogens with zero attached hydrogens (tertiary/aromatic N) is 1. The Balaban J connectivity index is 2.24. The highest BCUT2D eigenvalue weighted by Gasteiger charge is 2.40. The third-order valence-corrected chi connectivity index (χ3v) is 1.97.